The lowest BCUT2D eigenvalue weighted by atomic mass is 10.2. The molecule has 1 unspecified atom stereocenters. The quantitative estimate of drug-likeness (QED) is 0.849. The molecule has 0 aliphatic rings. The predicted molar refractivity (Wildman–Crippen MR) is 69.7 cm³/mol. The Bertz CT molecular complexity index is 413. The van der Waals surface area contributed by atoms with Crippen molar-refractivity contribution < 1.29 is 9.47 Å². The largest absolute Gasteiger partial charge is 0.376 e. The second-order valence-corrected chi connectivity index (χ2v) is 4.49. The number of halogens is 1. The first-order valence-electron chi connectivity index (χ1n) is 5.14. The molecule has 0 radical (unpaired) electrons. The van der Waals surface area contributed by atoms with Gasteiger partial charge in [-0.2, -0.15) is 5.26 Å². The number of ether oxygens (including phenoxy) is 2. The van der Waals surface area contributed by atoms with Crippen molar-refractivity contribution in [3.05, 3.63) is 28.2 Å². The van der Waals surface area contributed by atoms with E-state index >= 15 is 0 Å². The van der Waals surface area contributed by atoms with Gasteiger partial charge in [-0.3, -0.25) is 0 Å². The highest BCUT2D eigenvalue weighted by molar-refractivity contribution is 9.10. The molecule has 1 N–H and O–H groups in total. The summed E-state index contributed by atoms with van der Waals surface area (Å²) >= 11 is 3.33. The molecule has 0 aliphatic heterocycles. The van der Waals surface area contributed by atoms with Crippen LogP contribution in [0.1, 0.15) is 12.5 Å². The molecule has 1 aromatic carbocycles. The third kappa shape index (κ3) is 3.70. The summed E-state index contributed by atoms with van der Waals surface area (Å²) in [5, 5.41) is 12.2. The van der Waals surface area contributed by atoms with Crippen molar-refractivity contribution in [2.45, 2.75) is 19.3 Å². The Kier molecular flexibility index (Phi) is 5.42. The molecule has 92 valence electrons. The molecule has 0 saturated heterocycles. The average molecular weight is 299 g/mol. The van der Waals surface area contributed by atoms with Gasteiger partial charge >= 0.3 is 0 Å². The first-order valence-corrected chi connectivity index (χ1v) is 5.93. The lowest BCUT2D eigenvalue weighted by Crippen LogP contribution is -2.34. The SMILES string of the molecule is COC(OC)C(C)Nc1ccc(Br)cc1C#N. The minimum absolute atomic E-state index is 0.0572. The van der Waals surface area contributed by atoms with Gasteiger partial charge in [-0.25, -0.2) is 0 Å². The number of methoxy groups -OCH3 is 2. The van der Waals surface area contributed by atoms with Gasteiger partial charge in [0.1, 0.15) is 6.07 Å². The Balaban J connectivity index is 2.85. The van der Waals surface area contributed by atoms with Gasteiger partial charge in [0.15, 0.2) is 6.29 Å². The van der Waals surface area contributed by atoms with Crippen molar-refractivity contribution >= 4 is 21.6 Å². The van der Waals surface area contributed by atoms with Gasteiger partial charge in [0, 0.05) is 18.7 Å². The summed E-state index contributed by atoms with van der Waals surface area (Å²) in [6.07, 6.45) is -0.356. The smallest absolute Gasteiger partial charge is 0.176 e. The van der Waals surface area contributed by atoms with Gasteiger partial charge < -0.3 is 14.8 Å². The van der Waals surface area contributed by atoms with E-state index in [4.69, 9.17) is 14.7 Å². The molecule has 1 aromatic rings. The first kappa shape index (κ1) is 14.0. The molecule has 0 fully saturated rings. The molecule has 0 spiro atoms. The lowest BCUT2D eigenvalue weighted by molar-refractivity contribution is -0.109. The Morgan fingerprint density at radius 2 is 2.00 bits per heavy atom. The maximum absolute atomic E-state index is 9.04. The molecule has 0 aromatic heterocycles. The molecular weight excluding hydrogens is 284 g/mol. The fourth-order valence-corrected chi connectivity index (χ4v) is 1.91. The maximum atomic E-state index is 9.04. The van der Waals surface area contributed by atoms with Crippen molar-refractivity contribution in [3.63, 3.8) is 0 Å². The van der Waals surface area contributed by atoms with E-state index in [9.17, 15) is 0 Å². The summed E-state index contributed by atoms with van der Waals surface area (Å²) in [7, 11) is 3.16. The van der Waals surface area contributed by atoms with E-state index in [0.29, 0.717) is 5.56 Å². The van der Waals surface area contributed by atoms with Gasteiger partial charge in [0.05, 0.1) is 17.3 Å². The third-order valence-corrected chi connectivity index (χ3v) is 2.85. The Morgan fingerprint density at radius 1 is 1.35 bits per heavy atom. The average Bonchev–Trinajstić information content (AvgIpc) is 2.33. The maximum Gasteiger partial charge on any atom is 0.176 e. The van der Waals surface area contributed by atoms with E-state index in [0.717, 1.165) is 10.2 Å². The molecule has 0 heterocycles. The van der Waals surface area contributed by atoms with Crippen molar-refractivity contribution in [2.24, 2.45) is 0 Å². The van der Waals surface area contributed by atoms with Crippen LogP contribution in [0.4, 0.5) is 5.69 Å². The summed E-state index contributed by atoms with van der Waals surface area (Å²) in [5.41, 5.74) is 1.35. The second-order valence-electron chi connectivity index (χ2n) is 3.57. The summed E-state index contributed by atoms with van der Waals surface area (Å²) in [4.78, 5) is 0. The van der Waals surface area contributed by atoms with Crippen molar-refractivity contribution in [3.8, 4) is 6.07 Å². The normalized spacial score (nSPS) is 12.2. The minimum atomic E-state index is -0.356. The van der Waals surface area contributed by atoms with Crippen LogP contribution >= 0.6 is 15.9 Å². The zero-order chi connectivity index (χ0) is 12.8. The number of hydrogen-bond acceptors (Lipinski definition) is 4. The number of hydrogen-bond donors (Lipinski definition) is 1. The number of benzene rings is 1. The highest BCUT2D eigenvalue weighted by Gasteiger charge is 2.16. The van der Waals surface area contributed by atoms with E-state index < -0.39 is 0 Å². The Hall–Kier alpha value is -1.09. The molecule has 17 heavy (non-hydrogen) atoms. The van der Waals surface area contributed by atoms with E-state index in [2.05, 4.69) is 27.3 Å². The topological polar surface area (TPSA) is 54.3 Å². The van der Waals surface area contributed by atoms with E-state index in [1.165, 1.54) is 0 Å². The van der Waals surface area contributed by atoms with Crippen molar-refractivity contribution in [1.29, 1.82) is 5.26 Å². The molecule has 4 nitrogen and oxygen atoms in total. The summed E-state index contributed by atoms with van der Waals surface area (Å²) < 4.78 is 11.2. The first-order chi connectivity index (χ1) is 8.12. The standard InChI is InChI=1S/C12H15BrN2O2/c1-8(12(16-2)17-3)15-11-5-4-10(13)6-9(11)7-14/h4-6,8,12,15H,1-3H3. The molecule has 0 aliphatic carbocycles. The van der Waals surface area contributed by atoms with Crippen LogP contribution in [0.25, 0.3) is 0 Å². The predicted octanol–water partition coefficient (Wildman–Crippen LogP) is 2.74. The van der Waals surface area contributed by atoms with E-state index in [1.807, 2.05) is 19.1 Å². The zero-order valence-corrected chi connectivity index (χ0v) is 11.6. The van der Waals surface area contributed by atoms with Gasteiger partial charge in [-0.05, 0) is 25.1 Å². The van der Waals surface area contributed by atoms with Gasteiger partial charge in [-0.15, -0.1) is 0 Å². The van der Waals surface area contributed by atoms with Crippen molar-refractivity contribution in [1.82, 2.24) is 0 Å². The number of nitriles is 1. The summed E-state index contributed by atoms with van der Waals surface area (Å²) in [5.74, 6) is 0. The summed E-state index contributed by atoms with van der Waals surface area (Å²) in [6, 6.07) is 7.58. The van der Waals surface area contributed by atoms with Crippen LogP contribution in [0.2, 0.25) is 0 Å². The van der Waals surface area contributed by atoms with Crippen LogP contribution in [0, 0.1) is 11.3 Å². The monoisotopic (exact) mass is 298 g/mol. The van der Waals surface area contributed by atoms with Crippen LogP contribution in [0.15, 0.2) is 22.7 Å². The van der Waals surface area contributed by atoms with Crippen molar-refractivity contribution in [2.75, 3.05) is 19.5 Å². The van der Waals surface area contributed by atoms with Crippen LogP contribution in [-0.2, 0) is 9.47 Å². The zero-order valence-electron chi connectivity index (χ0n) is 10.0. The minimum Gasteiger partial charge on any atom is -0.376 e. The molecular formula is C12H15BrN2O2. The summed E-state index contributed by atoms with van der Waals surface area (Å²) in [6.45, 7) is 1.93. The van der Waals surface area contributed by atoms with Crippen LogP contribution in [0.3, 0.4) is 0 Å². The van der Waals surface area contributed by atoms with Gasteiger partial charge in [0.25, 0.3) is 0 Å². The Morgan fingerprint density at radius 3 is 2.53 bits per heavy atom. The number of rotatable bonds is 5. The molecule has 1 rings (SSSR count). The van der Waals surface area contributed by atoms with Crippen LogP contribution in [-0.4, -0.2) is 26.6 Å². The second kappa shape index (κ2) is 6.60. The van der Waals surface area contributed by atoms with Gasteiger partial charge in [0.2, 0.25) is 0 Å². The lowest BCUT2D eigenvalue weighted by Gasteiger charge is -2.23. The molecule has 0 amide bonds. The van der Waals surface area contributed by atoms with Gasteiger partial charge in [-0.1, -0.05) is 15.9 Å². The van der Waals surface area contributed by atoms with Crippen LogP contribution < -0.4 is 5.32 Å². The third-order valence-electron chi connectivity index (χ3n) is 2.36. The highest BCUT2D eigenvalue weighted by Crippen LogP contribution is 2.21. The Labute approximate surface area is 110 Å². The van der Waals surface area contributed by atoms with E-state index in [1.54, 1.807) is 20.3 Å². The molecule has 1 atom stereocenters. The fourth-order valence-electron chi connectivity index (χ4n) is 1.55. The fraction of sp³-hybridized carbons (Fsp3) is 0.417. The highest BCUT2D eigenvalue weighted by atomic mass is 79.9. The number of anilines is 1. The molecule has 0 bridgehead atoms. The number of nitrogens with zero attached hydrogens (tertiary/aromatic N) is 1. The number of nitrogens with one attached hydrogen (secondary N) is 1. The van der Waals surface area contributed by atoms with Crippen LogP contribution in [0.5, 0.6) is 0 Å². The molecule has 5 heteroatoms. The van der Waals surface area contributed by atoms with E-state index in [-0.39, 0.29) is 12.3 Å². The molecule has 0 saturated carbocycles.